The predicted octanol–water partition coefficient (Wildman–Crippen LogP) is 4.40. The predicted molar refractivity (Wildman–Crippen MR) is 78.6 cm³/mol. The van der Waals surface area contributed by atoms with Crippen LogP contribution in [0.25, 0.3) is 0 Å². The Labute approximate surface area is 115 Å². The van der Waals surface area contributed by atoms with Gasteiger partial charge in [-0.25, -0.2) is 0 Å². The van der Waals surface area contributed by atoms with E-state index in [0.29, 0.717) is 12.5 Å². The molecule has 0 bridgehead atoms. The summed E-state index contributed by atoms with van der Waals surface area (Å²) in [5.74, 6) is 1.47. The number of hydrogen-bond acceptors (Lipinski definition) is 2. The Bertz CT molecular complexity index is 561. The Morgan fingerprint density at radius 1 is 1.11 bits per heavy atom. The van der Waals surface area contributed by atoms with Crippen LogP contribution in [0, 0.1) is 13.8 Å². The molecule has 1 aromatic carbocycles. The van der Waals surface area contributed by atoms with E-state index in [4.69, 9.17) is 4.74 Å². The quantitative estimate of drug-likeness (QED) is 0.807. The molecule has 1 heterocycles. The smallest absolute Gasteiger partial charge is 0.130 e. The summed E-state index contributed by atoms with van der Waals surface area (Å²) in [5.41, 5.74) is 4.46. The van der Waals surface area contributed by atoms with Crippen LogP contribution in [0.15, 0.2) is 36.4 Å². The van der Waals surface area contributed by atoms with Gasteiger partial charge in [-0.3, -0.25) is 4.98 Å². The first-order valence-electron chi connectivity index (χ1n) is 6.72. The average Bonchev–Trinajstić information content (AvgIpc) is 2.37. The molecular weight excluding hydrogens is 234 g/mol. The molecule has 0 saturated carbocycles. The van der Waals surface area contributed by atoms with Crippen molar-refractivity contribution in [2.75, 3.05) is 0 Å². The second kappa shape index (κ2) is 5.87. The zero-order valence-electron chi connectivity index (χ0n) is 12.1. The molecule has 2 aromatic rings. The second-order valence-corrected chi connectivity index (χ2v) is 5.24. The van der Waals surface area contributed by atoms with E-state index in [1.54, 1.807) is 0 Å². The van der Waals surface area contributed by atoms with E-state index in [0.717, 1.165) is 22.7 Å². The van der Waals surface area contributed by atoms with E-state index in [1.165, 1.54) is 5.56 Å². The van der Waals surface area contributed by atoms with Crippen LogP contribution in [0.5, 0.6) is 5.75 Å². The summed E-state index contributed by atoms with van der Waals surface area (Å²) in [4.78, 5) is 4.45. The molecule has 0 aliphatic rings. The van der Waals surface area contributed by atoms with E-state index < -0.39 is 0 Å². The minimum Gasteiger partial charge on any atom is -0.487 e. The minimum atomic E-state index is 0.514. The second-order valence-electron chi connectivity index (χ2n) is 5.24. The number of benzene rings is 1. The van der Waals surface area contributed by atoms with E-state index in [-0.39, 0.29) is 0 Å². The van der Waals surface area contributed by atoms with Crippen molar-refractivity contribution in [1.82, 2.24) is 4.98 Å². The average molecular weight is 255 g/mol. The summed E-state index contributed by atoms with van der Waals surface area (Å²) in [6.45, 7) is 8.97. The molecule has 0 aliphatic heterocycles. The van der Waals surface area contributed by atoms with Gasteiger partial charge >= 0.3 is 0 Å². The lowest BCUT2D eigenvalue weighted by Gasteiger charge is -2.12. The topological polar surface area (TPSA) is 22.1 Å². The van der Waals surface area contributed by atoms with Crippen LogP contribution in [0.2, 0.25) is 0 Å². The van der Waals surface area contributed by atoms with Crippen LogP contribution in [0.3, 0.4) is 0 Å². The maximum atomic E-state index is 5.91. The van der Waals surface area contributed by atoms with Gasteiger partial charge in [-0.05, 0) is 49.1 Å². The summed E-state index contributed by atoms with van der Waals surface area (Å²) in [6, 6.07) is 12.4. The van der Waals surface area contributed by atoms with Gasteiger partial charge in [0.2, 0.25) is 0 Å². The van der Waals surface area contributed by atoms with Crippen molar-refractivity contribution in [1.29, 1.82) is 0 Å². The third-order valence-electron chi connectivity index (χ3n) is 3.20. The Kier molecular flexibility index (Phi) is 4.20. The Hall–Kier alpha value is -1.83. The van der Waals surface area contributed by atoms with E-state index >= 15 is 0 Å². The molecule has 0 unspecified atom stereocenters. The van der Waals surface area contributed by atoms with Gasteiger partial charge in [0.25, 0.3) is 0 Å². The molecule has 100 valence electrons. The normalized spacial score (nSPS) is 10.8. The van der Waals surface area contributed by atoms with Crippen LogP contribution in [-0.4, -0.2) is 4.98 Å². The highest BCUT2D eigenvalue weighted by atomic mass is 16.5. The standard InChI is InChI=1S/C17H21NO/c1-12(2)15-9-8-13(3)17(10-15)19-11-16-7-5-6-14(4)18-16/h5-10,12H,11H2,1-4H3. The minimum absolute atomic E-state index is 0.514. The molecule has 0 spiro atoms. The molecule has 0 saturated heterocycles. The Balaban J connectivity index is 2.12. The lowest BCUT2D eigenvalue weighted by atomic mass is 10.0. The van der Waals surface area contributed by atoms with Gasteiger partial charge in [-0.15, -0.1) is 0 Å². The molecule has 0 atom stereocenters. The van der Waals surface area contributed by atoms with Crippen molar-refractivity contribution >= 4 is 0 Å². The molecule has 0 N–H and O–H groups in total. The molecule has 0 aliphatic carbocycles. The van der Waals surface area contributed by atoms with Gasteiger partial charge in [0.05, 0.1) is 5.69 Å². The van der Waals surface area contributed by atoms with Crippen LogP contribution in [0.4, 0.5) is 0 Å². The molecular formula is C17H21NO. The summed E-state index contributed by atoms with van der Waals surface area (Å²) in [6.07, 6.45) is 0. The van der Waals surface area contributed by atoms with Crippen LogP contribution < -0.4 is 4.74 Å². The molecule has 1 aromatic heterocycles. The molecule has 0 radical (unpaired) electrons. The molecule has 2 rings (SSSR count). The van der Waals surface area contributed by atoms with Gasteiger partial charge in [0.15, 0.2) is 0 Å². The van der Waals surface area contributed by atoms with Crippen molar-refractivity contribution in [3.8, 4) is 5.75 Å². The summed E-state index contributed by atoms with van der Waals surface area (Å²) in [7, 11) is 0. The van der Waals surface area contributed by atoms with Crippen LogP contribution in [0.1, 0.15) is 42.3 Å². The van der Waals surface area contributed by atoms with Gasteiger partial charge < -0.3 is 4.74 Å². The number of aryl methyl sites for hydroxylation is 2. The zero-order chi connectivity index (χ0) is 13.8. The lowest BCUT2D eigenvalue weighted by molar-refractivity contribution is 0.298. The highest BCUT2D eigenvalue weighted by molar-refractivity contribution is 5.37. The van der Waals surface area contributed by atoms with Crippen LogP contribution in [-0.2, 0) is 6.61 Å². The first kappa shape index (κ1) is 13.6. The van der Waals surface area contributed by atoms with Gasteiger partial charge in [-0.1, -0.05) is 32.0 Å². The highest BCUT2D eigenvalue weighted by Crippen LogP contribution is 2.24. The van der Waals surface area contributed by atoms with Crippen molar-refractivity contribution in [2.45, 2.75) is 40.2 Å². The fourth-order valence-corrected chi connectivity index (χ4v) is 1.96. The maximum absolute atomic E-state index is 5.91. The lowest BCUT2D eigenvalue weighted by Crippen LogP contribution is -2.01. The summed E-state index contributed by atoms with van der Waals surface area (Å²) < 4.78 is 5.91. The molecule has 0 amide bonds. The first-order chi connectivity index (χ1) is 9.06. The summed E-state index contributed by atoms with van der Waals surface area (Å²) in [5, 5.41) is 0. The van der Waals surface area contributed by atoms with Crippen LogP contribution >= 0.6 is 0 Å². The van der Waals surface area contributed by atoms with Gasteiger partial charge in [-0.2, -0.15) is 0 Å². The van der Waals surface area contributed by atoms with Gasteiger partial charge in [0.1, 0.15) is 12.4 Å². The van der Waals surface area contributed by atoms with E-state index in [9.17, 15) is 0 Å². The van der Waals surface area contributed by atoms with E-state index in [1.807, 2.05) is 25.1 Å². The summed E-state index contributed by atoms with van der Waals surface area (Å²) >= 11 is 0. The number of pyridine rings is 1. The Morgan fingerprint density at radius 3 is 2.58 bits per heavy atom. The van der Waals surface area contributed by atoms with Gasteiger partial charge in [0, 0.05) is 5.69 Å². The third-order valence-corrected chi connectivity index (χ3v) is 3.20. The first-order valence-corrected chi connectivity index (χ1v) is 6.72. The Morgan fingerprint density at radius 2 is 1.89 bits per heavy atom. The molecule has 2 nitrogen and oxygen atoms in total. The largest absolute Gasteiger partial charge is 0.487 e. The number of nitrogens with zero attached hydrogens (tertiary/aromatic N) is 1. The fraction of sp³-hybridized carbons (Fsp3) is 0.353. The van der Waals surface area contributed by atoms with Crippen molar-refractivity contribution in [2.24, 2.45) is 0 Å². The highest BCUT2D eigenvalue weighted by Gasteiger charge is 2.05. The van der Waals surface area contributed by atoms with Crippen molar-refractivity contribution in [3.05, 3.63) is 58.9 Å². The van der Waals surface area contributed by atoms with E-state index in [2.05, 4.69) is 44.0 Å². The SMILES string of the molecule is Cc1cccc(COc2cc(C(C)C)ccc2C)n1. The number of rotatable bonds is 4. The number of ether oxygens (including phenoxy) is 1. The van der Waals surface area contributed by atoms with Crippen molar-refractivity contribution < 1.29 is 4.74 Å². The monoisotopic (exact) mass is 255 g/mol. The molecule has 2 heteroatoms. The zero-order valence-corrected chi connectivity index (χ0v) is 12.1. The van der Waals surface area contributed by atoms with Crippen molar-refractivity contribution in [3.63, 3.8) is 0 Å². The fourth-order valence-electron chi connectivity index (χ4n) is 1.96. The number of aromatic nitrogens is 1. The third kappa shape index (κ3) is 3.57. The molecule has 19 heavy (non-hydrogen) atoms. The molecule has 0 fully saturated rings. The maximum Gasteiger partial charge on any atom is 0.130 e. The number of hydrogen-bond donors (Lipinski definition) is 0.